The predicted molar refractivity (Wildman–Crippen MR) is 65.5 cm³/mol. The van der Waals surface area contributed by atoms with Crippen molar-refractivity contribution in [1.29, 1.82) is 0 Å². The second kappa shape index (κ2) is 5.73. The van der Waals surface area contributed by atoms with Gasteiger partial charge in [0.05, 0.1) is 13.0 Å². The van der Waals surface area contributed by atoms with Gasteiger partial charge >= 0.3 is 5.97 Å². The number of carbonyl (C=O) groups is 1. The second-order valence-corrected chi connectivity index (χ2v) is 4.24. The van der Waals surface area contributed by atoms with Crippen LogP contribution in [-0.2, 0) is 16.1 Å². The largest absolute Gasteiger partial charge is 0.469 e. The number of methoxy groups -OCH3 is 1. The number of hydrogen-bond acceptors (Lipinski definition) is 5. The third-order valence-corrected chi connectivity index (χ3v) is 2.82. The topological polar surface area (TPSA) is 56.8 Å². The van der Waals surface area contributed by atoms with Crippen LogP contribution in [-0.4, -0.2) is 26.4 Å². The summed E-state index contributed by atoms with van der Waals surface area (Å²) in [5.74, 6) is 1.20. The smallest absolute Gasteiger partial charge is 0.309 e. The lowest BCUT2D eigenvalue weighted by Gasteiger charge is -2.10. The standard InChI is InChI=1S/C13H17NO4/c1-9(13(15)16-2)6-14-7-10-3-4-11-12(5-10)18-8-17-11/h3-5,9,14H,6-8H2,1-2H3. The molecule has 2 rings (SSSR count). The number of nitrogens with one attached hydrogen (secondary N) is 1. The van der Waals surface area contributed by atoms with E-state index < -0.39 is 0 Å². The third-order valence-electron chi connectivity index (χ3n) is 2.82. The Bertz CT molecular complexity index is 433. The summed E-state index contributed by atoms with van der Waals surface area (Å²) in [6, 6.07) is 5.81. The minimum Gasteiger partial charge on any atom is -0.469 e. The Balaban J connectivity index is 1.82. The van der Waals surface area contributed by atoms with Gasteiger partial charge in [-0.2, -0.15) is 0 Å². The van der Waals surface area contributed by atoms with Gasteiger partial charge in [-0.05, 0) is 17.7 Å². The minimum absolute atomic E-state index is 0.149. The van der Waals surface area contributed by atoms with E-state index in [1.807, 2.05) is 25.1 Å². The summed E-state index contributed by atoms with van der Waals surface area (Å²) >= 11 is 0. The predicted octanol–water partition coefficient (Wildman–Crippen LogP) is 1.31. The Hall–Kier alpha value is -1.75. The molecule has 1 aliphatic heterocycles. The average Bonchev–Trinajstić information content (AvgIpc) is 2.85. The van der Waals surface area contributed by atoms with E-state index in [-0.39, 0.29) is 18.7 Å². The zero-order chi connectivity index (χ0) is 13.0. The van der Waals surface area contributed by atoms with Crippen LogP contribution in [0.3, 0.4) is 0 Å². The molecule has 0 fully saturated rings. The Morgan fingerprint density at radius 1 is 1.44 bits per heavy atom. The number of esters is 1. The van der Waals surface area contributed by atoms with E-state index in [0.29, 0.717) is 13.1 Å². The summed E-state index contributed by atoms with van der Waals surface area (Å²) in [6.07, 6.45) is 0. The first-order valence-corrected chi connectivity index (χ1v) is 5.88. The molecule has 1 aromatic carbocycles. The average molecular weight is 251 g/mol. The molecule has 1 unspecified atom stereocenters. The molecule has 5 nitrogen and oxygen atoms in total. The lowest BCUT2D eigenvalue weighted by atomic mass is 10.1. The van der Waals surface area contributed by atoms with Crippen molar-refractivity contribution >= 4 is 5.97 Å². The second-order valence-electron chi connectivity index (χ2n) is 4.24. The van der Waals surface area contributed by atoms with Gasteiger partial charge in [0.15, 0.2) is 11.5 Å². The number of rotatable bonds is 5. The molecular weight excluding hydrogens is 234 g/mol. The van der Waals surface area contributed by atoms with Crippen molar-refractivity contribution in [2.45, 2.75) is 13.5 Å². The minimum atomic E-state index is -0.201. The van der Waals surface area contributed by atoms with Crippen molar-refractivity contribution in [3.05, 3.63) is 23.8 Å². The van der Waals surface area contributed by atoms with Gasteiger partial charge in [0.2, 0.25) is 6.79 Å². The zero-order valence-electron chi connectivity index (χ0n) is 10.6. The van der Waals surface area contributed by atoms with Gasteiger partial charge in [0.25, 0.3) is 0 Å². The summed E-state index contributed by atoms with van der Waals surface area (Å²) in [5.41, 5.74) is 1.09. The van der Waals surface area contributed by atoms with Gasteiger partial charge in [-0.1, -0.05) is 13.0 Å². The number of benzene rings is 1. The van der Waals surface area contributed by atoms with Crippen LogP contribution in [0.25, 0.3) is 0 Å². The van der Waals surface area contributed by atoms with Gasteiger partial charge < -0.3 is 19.5 Å². The van der Waals surface area contributed by atoms with Gasteiger partial charge in [-0.25, -0.2) is 0 Å². The molecule has 1 aliphatic rings. The van der Waals surface area contributed by atoms with E-state index in [4.69, 9.17) is 9.47 Å². The number of ether oxygens (including phenoxy) is 3. The highest BCUT2D eigenvalue weighted by molar-refractivity contribution is 5.72. The molecule has 0 radical (unpaired) electrons. The van der Waals surface area contributed by atoms with Crippen LogP contribution in [0.4, 0.5) is 0 Å². The molecule has 1 N–H and O–H groups in total. The van der Waals surface area contributed by atoms with E-state index in [2.05, 4.69) is 10.1 Å². The van der Waals surface area contributed by atoms with Gasteiger partial charge in [-0.15, -0.1) is 0 Å². The SMILES string of the molecule is COC(=O)C(C)CNCc1ccc2c(c1)OCO2. The highest BCUT2D eigenvalue weighted by atomic mass is 16.7. The van der Waals surface area contributed by atoms with Crippen LogP contribution in [0.2, 0.25) is 0 Å². The quantitative estimate of drug-likeness (QED) is 0.800. The number of fused-ring (bicyclic) bond motifs is 1. The first-order valence-electron chi connectivity index (χ1n) is 5.88. The molecule has 0 aromatic heterocycles. The molecule has 0 saturated carbocycles. The van der Waals surface area contributed by atoms with Crippen LogP contribution in [0.1, 0.15) is 12.5 Å². The van der Waals surface area contributed by atoms with Crippen molar-refractivity contribution in [2.24, 2.45) is 5.92 Å². The van der Waals surface area contributed by atoms with E-state index in [1.54, 1.807) is 0 Å². The fourth-order valence-corrected chi connectivity index (χ4v) is 1.77. The van der Waals surface area contributed by atoms with E-state index in [1.165, 1.54) is 7.11 Å². The Morgan fingerprint density at radius 2 is 2.22 bits per heavy atom. The summed E-state index contributed by atoms with van der Waals surface area (Å²) in [6.45, 7) is 3.38. The van der Waals surface area contributed by atoms with E-state index >= 15 is 0 Å². The first kappa shape index (κ1) is 12.7. The van der Waals surface area contributed by atoms with Gasteiger partial charge in [-0.3, -0.25) is 4.79 Å². The maximum absolute atomic E-state index is 11.2. The summed E-state index contributed by atoms with van der Waals surface area (Å²) in [5, 5.41) is 3.21. The summed E-state index contributed by atoms with van der Waals surface area (Å²) in [4.78, 5) is 11.2. The monoisotopic (exact) mass is 251 g/mol. The first-order chi connectivity index (χ1) is 8.70. The normalized spacial score (nSPS) is 14.3. The van der Waals surface area contributed by atoms with E-state index in [9.17, 15) is 4.79 Å². The van der Waals surface area contributed by atoms with Crippen LogP contribution >= 0.6 is 0 Å². The van der Waals surface area contributed by atoms with Crippen LogP contribution in [0, 0.1) is 5.92 Å². The van der Waals surface area contributed by atoms with Gasteiger partial charge in [0, 0.05) is 13.1 Å². The zero-order valence-corrected chi connectivity index (χ0v) is 10.6. The van der Waals surface area contributed by atoms with Crippen molar-refractivity contribution in [3.8, 4) is 11.5 Å². The molecule has 1 atom stereocenters. The molecular formula is C13H17NO4. The van der Waals surface area contributed by atoms with Crippen LogP contribution < -0.4 is 14.8 Å². The van der Waals surface area contributed by atoms with Crippen LogP contribution in [0.15, 0.2) is 18.2 Å². The van der Waals surface area contributed by atoms with Crippen molar-refractivity contribution in [1.82, 2.24) is 5.32 Å². The molecule has 0 aliphatic carbocycles. The molecule has 0 bridgehead atoms. The molecule has 18 heavy (non-hydrogen) atoms. The van der Waals surface area contributed by atoms with E-state index in [0.717, 1.165) is 17.1 Å². The van der Waals surface area contributed by atoms with Crippen molar-refractivity contribution in [2.75, 3.05) is 20.4 Å². The summed E-state index contributed by atoms with van der Waals surface area (Å²) < 4.78 is 15.2. The lowest BCUT2D eigenvalue weighted by Crippen LogP contribution is -2.26. The highest BCUT2D eigenvalue weighted by Crippen LogP contribution is 2.32. The Kier molecular flexibility index (Phi) is 4.04. The van der Waals surface area contributed by atoms with Crippen molar-refractivity contribution in [3.63, 3.8) is 0 Å². The summed E-state index contributed by atoms with van der Waals surface area (Å²) in [7, 11) is 1.40. The van der Waals surface area contributed by atoms with Crippen molar-refractivity contribution < 1.29 is 19.0 Å². The number of hydrogen-bond donors (Lipinski definition) is 1. The molecule has 98 valence electrons. The fourth-order valence-electron chi connectivity index (χ4n) is 1.77. The van der Waals surface area contributed by atoms with Gasteiger partial charge in [0.1, 0.15) is 0 Å². The maximum Gasteiger partial charge on any atom is 0.309 e. The highest BCUT2D eigenvalue weighted by Gasteiger charge is 2.14. The van der Waals surface area contributed by atoms with Crippen LogP contribution in [0.5, 0.6) is 11.5 Å². The Labute approximate surface area is 106 Å². The molecule has 1 aromatic rings. The number of carbonyl (C=O) groups excluding carboxylic acids is 1. The molecule has 0 saturated heterocycles. The fraction of sp³-hybridized carbons (Fsp3) is 0.462. The molecule has 5 heteroatoms. The molecule has 1 heterocycles. The third kappa shape index (κ3) is 2.92. The maximum atomic E-state index is 11.2. The lowest BCUT2D eigenvalue weighted by molar-refractivity contribution is -0.144. The Morgan fingerprint density at radius 3 is 3.00 bits per heavy atom. The molecule has 0 amide bonds. The molecule has 0 spiro atoms.